The Labute approximate surface area is 226 Å². The molecule has 0 spiro atoms. The molecule has 0 radical (unpaired) electrons. The quantitative estimate of drug-likeness (QED) is 0.0992. The van der Waals surface area contributed by atoms with Crippen molar-refractivity contribution in [3.05, 3.63) is 5.82 Å². The number of hydrogen-bond acceptors (Lipinski definition) is 15. The van der Waals surface area contributed by atoms with Crippen molar-refractivity contribution in [2.24, 2.45) is 16.1 Å². The monoisotopic (exact) mass is 557 g/mol. The van der Waals surface area contributed by atoms with Crippen molar-refractivity contribution < 1.29 is 20.4 Å². The first kappa shape index (κ1) is 31.1. The van der Waals surface area contributed by atoms with Gasteiger partial charge in [-0.2, -0.15) is 32.0 Å². The number of unbranched alkanes of at least 4 members (excludes halogenated alkanes) is 1. The first-order valence-electron chi connectivity index (χ1n) is 12.5. The van der Waals surface area contributed by atoms with Gasteiger partial charge in [0.15, 0.2) is 23.1 Å². The smallest absolute Gasteiger partial charge is 0.249 e. The van der Waals surface area contributed by atoms with Crippen LogP contribution in [-0.2, 0) is 0 Å². The van der Waals surface area contributed by atoms with Crippen molar-refractivity contribution in [2.75, 3.05) is 48.8 Å². The highest BCUT2D eigenvalue weighted by Gasteiger charge is 2.18. The van der Waals surface area contributed by atoms with Crippen molar-refractivity contribution in [1.82, 2.24) is 19.3 Å². The summed E-state index contributed by atoms with van der Waals surface area (Å²) in [7, 11) is 0. The van der Waals surface area contributed by atoms with Crippen LogP contribution >= 0.6 is 24.2 Å². The molecule has 7 N–H and O–H groups in total. The van der Waals surface area contributed by atoms with E-state index in [-0.39, 0.29) is 35.7 Å². The van der Waals surface area contributed by atoms with Crippen LogP contribution < -0.4 is 16.0 Å². The molecule has 0 fully saturated rings. The van der Waals surface area contributed by atoms with Crippen LogP contribution in [0, 0.1) is 5.92 Å². The number of rotatable bonds is 18. The van der Waals surface area contributed by atoms with E-state index in [1.807, 2.05) is 6.92 Å². The Morgan fingerprint density at radius 3 is 2.03 bits per heavy atom. The van der Waals surface area contributed by atoms with Gasteiger partial charge in [0.2, 0.25) is 11.1 Å². The van der Waals surface area contributed by atoms with Crippen molar-refractivity contribution in [3.63, 3.8) is 0 Å². The molecule has 4 atom stereocenters. The number of hydrogen-bond donors (Lipinski definition) is 8. The minimum Gasteiger partial charge on any atom is -0.394 e. The van der Waals surface area contributed by atoms with E-state index < -0.39 is 25.4 Å². The Kier molecular flexibility index (Phi) is 14.0. The molecule has 13 nitrogen and oxygen atoms in total. The van der Waals surface area contributed by atoms with Crippen molar-refractivity contribution in [1.29, 1.82) is 0 Å². The summed E-state index contributed by atoms with van der Waals surface area (Å²) < 4.78 is 4.20. The summed E-state index contributed by atoms with van der Waals surface area (Å²) in [5.41, 5.74) is 0.203. The molecule has 0 aliphatic rings. The maximum atomic E-state index is 9.88. The third kappa shape index (κ3) is 10.6. The van der Waals surface area contributed by atoms with Crippen LogP contribution in [0.1, 0.15) is 57.5 Å². The predicted octanol–water partition coefficient (Wildman–Crippen LogP) is 2.89. The summed E-state index contributed by atoms with van der Waals surface area (Å²) in [6.45, 7) is 5.97. The normalized spacial score (nSPS) is 14.9. The summed E-state index contributed by atoms with van der Waals surface area (Å²) in [5.74, 6) is 1.80. The molecule has 4 unspecified atom stereocenters. The van der Waals surface area contributed by atoms with Crippen LogP contribution in [0.25, 0.3) is 0 Å². The fourth-order valence-electron chi connectivity index (χ4n) is 3.14. The van der Waals surface area contributed by atoms with E-state index >= 15 is 0 Å². The molecule has 0 saturated heterocycles. The van der Waals surface area contributed by atoms with E-state index in [4.69, 9.17) is 0 Å². The molecular weight excluding hydrogens is 518 g/mol. The van der Waals surface area contributed by atoms with Gasteiger partial charge in [0.25, 0.3) is 0 Å². The predicted molar refractivity (Wildman–Crippen MR) is 148 cm³/mol. The molecule has 2 rings (SSSR count). The lowest BCUT2D eigenvalue weighted by Gasteiger charge is -2.19. The summed E-state index contributed by atoms with van der Waals surface area (Å²) in [4.78, 5) is 13.4. The number of thiol groups is 1. The number of aliphatic hydroxyl groups is 4. The first-order valence-corrected chi connectivity index (χ1v) is 13.7. The molecule has 0 saturated carbocycles. The second-order valence-electron chi connectivity index (χ2n) is 8.64. The minimum atomic E-state index is -1.02. The highest BCUT2D eigenvalue weighted by Crippen LogP contribution is 2.34. The molecule has 2 heterocycles. The number of nitrogens with zero attached hydrogens (tertiary/aromatic N) is 6. The van der Waals surface area contributed by atoms with Crippen molar-refractivity contribution in [3.8, 4) is 0 Å². The lowest BCUT2D eigenvalue weighted by atomic mass is 9.99. The van der Waals surface area contributed by atoms with E-state index in [0.717, 1.165) is 37.2 Å². The molecule has 0 bridgehead atoms. The SMILES string of the molecule is CCCCC(CC)CNc1nc(NCC(O)CO)c(N=Nc2nc(C(C)S)ns2)c(NCC(O)CO)n1. The first-order chi connectivity index (χ1) is 17.8. The molecule has 0 aliphatic carbocycles. The standard InChI is InChI=1S/C22H39N9O4S2/c1-4-6-7-14(5-2)8-25-21-26-19(23-9-15(34)11-32)17(20(27-21)24-10-16(35)12-33)29-30-22-28-18(13(3)36)31-37-22/h13-16,32-36H,4-12H2,1-3H3,(H3,23,24,25,26,27). The summed E-state index contributed by atoms with van der Waals surface area (Å²) in [6.07, 6.45) is 2.31. The van der Waals surface area contributed by atoms with Gasteiger partial charge in [-0.3, -0.25) is 0 Å². The highest BCUT2D eigenvalue weighted by molar-refractivity contribution is 7.80. The van der Waals surface area contributed by atoms with Crippen molar-refractivity contribution >= 4 is 52.6 Å². The Morgan fingerprint density at radius 1 is 0.919 bits per heavy atom. The number of aliphatic hydroxyl groups excluding tert-OH is 4. The second-order valence-corrected chi connectivity index (χ2v) is 10.1. The van der Waals surface area contributed by atoms with Gasteiger partial charge >= 0.3 is 0 Å². The third-order valence-electron chi connectivity index (χ3n) is 5.45. The van der Waals surface area contributed by atoms with Crippen LogP contribution in [-0.4, -0.2) is 84.8 Å². The van der Waals surface area contributed by atoms with E-state index in [1.54, 1.807) is 0 Å². The zero-order valence-corrected chi connectivity index (χ0v) is 23.2. The van der Waals surface area contributed by atoms with E-state index in [2.05, 4.69) is 72.0 Å². The van der Waals surface area contributed by atoms with Crippen LogP contribution in [0.4, 0.5) is 28.4 Å². The Hall–Kier alpha value is -2.17. The van der Waals surface area contributed by atoms with Gasteiger partial charge in [-0.15, -0.1) is 10.2 Å². The summed E-state index contributed by atoms with van der Waals surface area (Å²) in [6, 6.07) is 0. The summed E-state index contributed by atoms with van der Waals surface area (Å²) in [5, 5.41) is 56.1. The van der Waals surface area contributed by atoms with Gasteiger partial charge in [0, 0.05) is 31.2 Å². The molecule has 0 amide bonds. The lowest BCUT2D eigenvalue weighted by Crippen LogP contribution is -2.25. The Bertz CT molecular complexity index is 929. The number of azo groups is 1. The minimum absolute atomic E-state index is 0.00237. The van der Waals surface area contributed by atoms with Crippen LogP contribution in [0.5, 0.6) is 0 Å². The van der Waals surface area contributed by atoms with Gasteiger partial charge in [0.1, 0.15) is 0 Å². The highest BCUT2D eigenvalue weighted by atomic mass is 32.1. The molecular formula is C22H39N9O4S2. The fourth-order valence-corrected chi connectivity index (χ4v) is 3.92. The van der Waals surface area contributed by atoms with Crippen molar-refractivity contribution in [2.45, 2.75) is 63.9 Å². The lowest BCUT2D eigenvalue weighted by molar-refractivity contribution is 0.105. The second kappa shape index (κ2) is 16.6. The fraction of sp³-hybridized carbons (Fsp3) is 0.727. The zero-order chi connectivity index (χ0) is 27.2. The Balaban J connectivity index is 2.42. The van der Waals surface area contributed by atoms with E-state index in [9.17, 15) is 20.4 Å². The summed E-state index contributed by atoms with van der Waals surface area (Å²) >= 11 is 5.39. The molecule has 2 aromatic heterocycles. The maximum absolute atomic E-state index is 9.88. The van der Waals surface area contributed by atoms with Crippen LogP contribution in [0.3, 0.4) is 0 Å². The number of anilines is 3. The van der Waals surface area contributed by atoms with Crippen LogP contribution in [0.15, 0.2) is 10.2 Å². The number of aromatic nitrogens is 4. The topological polar surface area (TPSA) is 193 Å². The van der Waals surface area contributed by atoms with Gasteiger partial charge in [-0.1, -0.05) is 33.1 Å². The van der Waals surface area contributed by atoms with Gasteiger partial charge < -0.3 is 36.4 Å². The molecule has 0 aliphatic heterocycles. The third-order valence-corrected chi connectivity index (χ3v) is 6.29. The Morgan fingerprint density at radius 2 is 1.54 bits per heavy atom. The van der Waals surface area contributed by atoms with E-state index in [1.165, 1.54) is 0 Å². The average molecular weight is 558 g/mol. The van der Waals surface area contributed by atoms with E-state index in [0.29, 0.717) is 29.4 Å². The molecule has 208 valence electrons. The molecule has 15 heteroatoms. The molecule has 37 heavy (non-hydrogen) atoms. The van der Waals surface area contributed by atoms with Gasteiger partial charge in [-0.05, 0) is 19.3 Å². The zero-order valence-electron chi connectivity index (χ0n) is 21.5. The maximum Gasteiger partial charge on any atom is 0.249 e. The molecule has 2 aromatic rings. The number of nitrogens with one attached hydrogen (secondary N) is 3. The molecule has 0 aromatic carbocycles. The average Bonchev–Trinajstić information content (AvgIpc) is 3.39. The van der Waals surface area contributed by atoms with Gasteiger partial charge in [0.05, 0.1) is 30.7 Å². The largest absolute Gasteiger partial charge is 0.394 e. The van der Waals surface area contributed by atoms with Gasteiger partial charge in [-0.25, -0.2) is 0 Å². The van der Waals surface area contributed by atoms with Crippen LogP contribution in [0.2, 0.25) is 0 Å².